The van der Waals surface area contributed by atoms with Crippen molar-refractivity contribution in [1.29, 1.82) is 0 Å². The van der Waals surface area contributed by atoms with Gasteiger partial charge in [0.1, 0.15) is 0 Å². The highest BCUT2D eigenvalue weighted by molar-refractivity contribution is 7.89. The third-order valence-electron chi connectivity index (χ3n) is 6.94. The van der Waals surface area contributed by atoms with Crippen molar-refractivity contribution in [3.63, 3.8) is 0 Å². The van der Waals surface area contributed by atoms with Crippen LogP contribution in [-0.2, 0) is 10.0 Å². The van der Waals surface area contributed by atoms with Gasteiger partial charge in [-0.05, 0) is 56.2 Å². The van der Waals surface area contributed by atoms with Crippen LogP contribution in [0.3, 0.4) is 0 Å². The molecule has 0 radical (unpaired) electrons. The molecule has 2 aromatic carbocycles. The normalized spacial score (nSPS) is 17.2. The molecule has 188 valence electrons. The van der Waals surface area contributed by atoms with Crippen molar-refractivity contribution >= 4 is 21.7 Å². The van der Waals surface area contributed by atoms with Gasteiger partial charge >= 0.3 is 0 Å². The van der Waals surface area contributed by atoms with E-state index in [-0.39, 0.29) is 10.8 Å². The Morgan fingerprint density at radius 3 is 2.03 bits per heavy atom. The molecule has 0 bridgehead atoms. The zero-order valence-corrected chi connectivity index (χ0v) is 21.3. The molecule has 1 amide bonds. The second-order valence-corrected chi connectivity index (χ2v) is 11.3. The third kappa shape index (κ3) is 5.12. The van der Waals surface area contributed by atoms with Gasteiger partial charge in [0.2, 0.25) is 10.0 Å². The van der Waals surface area contributed by atoms with E-state index in [1.165, 1.54) is 5.56 Å². The average molecular weight is 506 g/mol. The van der Waals surface area contributed by atoms with Gasteiger partial charge in [-0.2, -0.15) is 4.31 Å². The van der Waals surface area contributed by atoms with Gasteiger partial charge in [-0.1, -0.05) is 36.2 Å². The molecule has 3 heterocycles. The number of sulfonamides is 1. The van der Waals surface area contributed by atoms with E-state index in [1.807, 2.05) is 24.3 Å². The van der Waals surface area contributed by atoms with E-state index < -0.39 is 10.0 Å². The zero-order chi connectivity index (χ0) is 25.1. The molecule has 0 atom stereocenters. The number of rotatable bonds is 5. The van der Waals surface area contributed by atoms with Gasteiger partial charge in [-0.15, -0.1) is 10.2 Å². The maximum atomic E-state index is 13.1. The Balaban J connectivity index is 1.19. The van der Waals surface area contributed by atoms with Gasteiger partial charge < -0.3 is 9.80 Å². The third-order valence-corrected chi connectivity index (χ3v) is 8.86. The first-order chi connectivity index (χ1) is 17.4. The molecule has 3 aromatic rings. The van der Waals surface area contributed by atoms with Crippen LogP contribution in [0.15, 0.2) is 65.6 Å². The fourth-order valence-electron chi connectivity index (χ4n) is 4.72. The number of benzene rings is 2. The van der Waals surface area contributed by atoms with Crippen LogP contribution < -0.4 is 4.90 Å². The Hall–Kier alpha value is -3.30. The first-order valence-electron chi connectivity index (χ1n) is 12.5. The first kappa shape index (κ1) is 24.4. The molecule has 8 nitrogen and oxygen atoms in total. The molecule has 0 N–H and O–H groups in total. The highest BCUT2D eigenvalue weighted by atomic mass is 32.2. The summed E-state index contributed by atoms with van der Waals surface area (Å²) in [7, 11) is -3.50. The maximum Gasteiger partial charge on any atom is 0.253 e. The minimum absolute atomic E-state index is 0.0858. The van der Waals surface area contributed by atoms with Gasteiger partial charge in [0.15, 0.2) is 5.82 Å². The lowest BCUT2D eigenvalue weighted by Crippen LogP contribution is -2.49. The lowest BCUT2D eigenvalue weighted by Gasteiger charge is -2.35. The van der Waals surface area contributed by atoms with Crippen molar-refractivity contribution in [2.45, 2.75) is 31.1 Å². The van der Waals surface area contributed by atoms with E-state index in [1.54, 1.807) is 33.5 Å². The quantitative estimate of drug-likeness (QED) is 0.527. The Labute approximate surface area is 212 Å². The molecule has 0 spiro atoms. The number of hydrogen-bond acceptors (Lipinski definition) is 6. The number of aryl methyl sites for hydroxylation is 1. The number of nitrogens with zero attached hydrogens (tertiary/aromatic N) is 5. The van der Waals surface area contributed by atoms with Gasteiger partial charge in [0.05, 0.1) is 10.6 Å². The summed E-state index contributed by atoms with van der Waals surface area (Å²) in [6.45, 7) is 5.62. The summed E-state index contributed by atoms with van der Waals surface area (Å²) in [5.41, 5.74) is 3.57. The Morgan fingerprint density at radius 2 is 1.42 bits per heavy atom. The van der Waals surface area contributed by atoms with Crippen LogP contribution >= 0.6 is 0 Å². The van der Waals surface area contributed by atoms with Crippen molar-refractivity contribution in [2.75, 3.05) is 44.2 Å². The fraction of sp³-hybridized carbons (Fsp3) is 0.370. The summed E-state index contributed by atoms with van der Waals surface area (Å²) < 4.78 is 27.3. The summed E-state index contributed by atoms with van der Waals surface area (Å²) in [6, 6.07) is 18.5. The second-order valence-electron chi connectivity index (χ2n) is 9.41. The smallest absolute Gasteiger partial charge is 0.253 e. The minimum atomic E-state index is -3.50. The number of hydrogen-bond donors (Lipinski definition) is 0. The predicted molar refractivity (Wildman–Crippen MR) is 139 cm³/mol. The summed E-state index contributed by atoms with van der Waals surface area (Å²) in [5, 5.41) is 8.80. The summed E-state index contributed by atoms with van der Waals surface area (Å²) in [4.78, 5) is 17.2. The van der Waals surface area contributed by atoms with Crippen LogP contribution in [0.25, 0.3) is 11.3 Å². The van der Waals surface area contributed by atoms with E-state index in [2.05, 4.69) is 34.2 Å². The van der Waals surface area contributed by atoms with Crippen molar-refractivity contribution in [3.05, 3.63) is 71.8 Å². The molecule has 0 aliphatic carbocycles. The lowest BCUT2D eigenvalue weighted by molar-refractivity contribution is 0.0746. The molecule has 2 saturated heterocycles. The number of carbonyl (C=O) groups excluding carboxylic acids is 1. The van der Waals surface area contributed by atoms with Crippen molar-refractivity contribution in [3.8, 4) is 11.3 Å². The van der Waals surface area contributed by atoms with Crippen molar-refractivity contribution < 1.29 is 13.2 Å². The molecule has 5 rings (SSSR count). The molecule has 2 aliphatic rings. The molecular formula is C27H31N5O3S. The van der Waals surface area contributed by atoms with Crippen LogP contribution in [0, 0.1) is 6.92 Å². The van der Waals surface area contributed by atoms with Crippen molar-refractivity contribution in [2.24, 2.45) is 0 Å². The SMILES string of the molecule is Cc1ccc(-c2ccc(N3CCN(C(=O)c4ccc(S(=O)(=O)N5CCCCC5)cc4)CC3)nn2)cc1. The molecule has 2 fully saturated rings. The van der Waals surface area contributed by atoms with Gasteiger partial charge in [0, 0.05) is 50.4 Å². The molecule has 1 aromatic heterocycles. The molecule has 0 unspecified atom stereocenters. The summed E-state index contributed by atoms with van der Waals surface area (Å²) >= 11 is 0. The monoisotopic (exact) mass is 505 g/mol. The summed E-state index contributed by atoms with van der Waals surface area (Å²) in [5.74, 6) is 0.711. The fourth-order valence-corrected chi connectivity index (χ4v) is 6.23. The highest BCUT2D eigenvalue weighted by Crippen LogP contribution is 2.23. The van der Waals surface area contributed by atoms with Gasteiger partial charge in [-0.25, -0.2) is 8.42 Å². The largest absolute Gasteiger partial charge is 0.352 e. The lowest BCUT2D eigenvalue weighted by atomic mass is 10.1. The number of piperazine rings is 1. The van der Waals surface area contributed by atoms with Crippen LogP contribution in [0.2, 0.25) is 0 Å². The standard InChI is InChI=1S/C27H31N5O3S/c1-21-5-7-22(8-6-21)25-13-14-26(29-28-25)30-17-19-31(20-18-30)27(33)23-9-11-24(12-10-23)36(34,35)32-15-3-2-4-16-32/h5-14H,2-4,15-20H2,1H3. The average Bonchev–Trinajstić information content (AvgIpc) is 2.94. The minimum Gasteiger partial charge on any atom is -0.352 e. The predicted octanol–water partition coefficient (Wildman–Crippen LogP) is 3.59. The topological polar surface area (TPSA) is 86.7 Å². The maximum absolute atomic E-state index is 13.1. The molecule has 2 aliphatic heterocycles. The van der Waals surface area contributed by atoms with E-state index in [9.17, 15) is 13.2 Å². The van der Waals surface area contributed by atoms with Crippen molar-refractivity contribution in [1.82, 2.24) is 19.4 Å². The Kier molecular flexibility index (Phi) is 7.02. The van der Waals surface area contributed by atoms with Gasteiger partial charge in [0.25, 0.3) is 5.91 Å². The Morgan fingerprint density at radius 1 is 0.750 bits per heavy atom. The van der Waals surface area contributed by atoms with Crippen LogP contribution in [0.4, 0.5) is 5.82 Å². The highest BCUT2D eigenvalue weighted by Gasteiger charge is 2.27. The molecule has 36 heavy (non-hydrogen) atoms. The van der Waals surface area contributed by atoms with Crippen LogP contribution in [0.5, 0.6) is 0 Å². The second kappa shape index (κ2) is 10.4. The van der Waals surface area contributed by atoms with Crippen LogP contribution in [-0.4, -0.2) is 73.0 Å². The van der Waals surface area contributed by atoms with Gasteiger partial charge in [-0.3, -0.25) is 4.79 Å². The Bertz CT molecular complexity index is 1300. The number of anilines is 1. The number of piperidine rings is 1. The molecular weight excluding hydrogens is 474 g/mol. The number of carbonyl (C=O) groups is 1. The number of aromatic nitrogens is 2. The molecule has 9 heteroatoms. The van der Waals surface area contributed by atoms with Crippen LogP contribution in [0.1, 0.15) is 35.2 Å². The summed E-state index contributed by atoms with van der Waals surface area (Å²) in [6.07, 6.45) is 2.85. The van der Waals surface area contributed by atoms with E-state index in [4.69, 9.17) is 0 Å². The van der Waals surface area contributed by atoms with E-state index in [0.29, 0.717) is 44.8 Å². The first-order valence-corrected chi connectivity index (χ1v) is 13.9. The van der Waals surface area contributed by atoms with E-state index in [0.717, 1.165) is 36.3 Å². The zero-order valence-electron chi connectivity index (χ0n) is 20.5. The molecule has 0 saturated carbocycles. The number of amides is 1. The van der Waals surface area contributed by atoms with E-state index >= 15 is 0 Å².